The van der Waals surface area contributed by atoms with Crippen LogP contribution in [0.2, 0.25) is 10.0 Å². The summed E-state index contributed by atoms with van der Waals surface area (Å²) in [7, 11) is 0. The Balaban J connectivity index is 3.10. The van der Waals surface area contributed by atoms with Crippen molar-refractivity contribution in [3.63, 3.8) is 0 Å². The van der Waals surface area contributed by atoms with Crippen molar-refractivity contribution in [2.24, 2.45) is 0 Å². The second-order valence-electron chi connectivity index (χ2n) is 2.87. The van der Waals surface area contributed by atoms with Crippen LogP contribution in [0.15, 0.2) is 12.1 Å². The second kappa shape index (κ2) is 6.02. The molecule has 0 aliphatic rings. The summed E-state index contributed by atoms with van der Waals surface area (Å²) in [6, 6.07) is 2.15. The Morgan fingerprint density at radius 2 is 2.06 bits per heavy atom. The average molecular weight is 285 g/mol. The normalized spacial score (nSPS) is 10.5. The molecule has 0 aliphatic heterocycles. The molecule has 0 N–H and O–H groups in total. The Kier molecular flexibility index (Phi) is 4.96. The van der Waals surface area contributed by atoms with Crippen molar-refractivity contribution >= 4 is 29.2 Å². The van der Waals surface area contributed by atoms with E-state index < -0.39 is 12.6 Å². The minimum absolute atomic E-state index is 0.0622. The van der Waals surface area contributed by atoms with Gasteiger partial charge in [0.05, 0.1) is 22.2 Å². The van der Waals surface area contributed by atoms with Crippen molar-refractivity contribution in [2.45, 2.75) is 13.5 Å². The molecule has 0 fully saturated rings. The van der Waals surface area contributed by atoms with E-state index in [1.54, 1.807) is 6.92 Å². The van der Waals surface area contributed by atoms with Crippen LogP contribution < -0.4 is 4.74 Å². The molecule has 0 unspecified atom stereocenters. The molecule has 7 heteroatoms. The lowest BCUT2D eigenvalue weighted by Gasteiger charge is -2.09. The first kappa shape index (κ1) is 14.0. The standard InChI is InChI=1S/C10H8Cl2F2O3/c1-2-16-9(15)6-3-5(17-10(13)14)4-7(11)8(6)12/h3-4,10H,2H2,1H3. The van der Waals surface area contributed by atoms with Gasteiger partial charge in [0.2, 0.25) is 0 Å². The van der Waals surface area contributed by atoms with Crippen LogP contribution in [0.3, 0.4) is 0 Å². The maximum absolute atomic E-state index is 12.0. The van der Waals surface area contributed by atoms with E-state index in [-0.39, 0.29) is 28.0 Å². The fourth-order valence-electron chi connectivity index (χ4n) is 1.09. The maximum Gasteiger partial charge on any atom is 0.387 e. The minimum Gasteiger partial charge on any atom is -0.462 e. The third-order valence-electron chi connectivity index (χ3n) is 1.72. The zero-order chi connectivity index (χ0) is 13.0. The summed E-state index contributed by atoms with van der Waals surface area (Å²) >= 11 is 11.4. The van der Waals surface area contributed by atoms with Crippen LogP contribution in [0, 0.1) is 0 Å². The summed E-state index contributed by atoms with van der Waals surface area (Å²) in [5.74, 6) is -1.00. The van der Waals surface area contributed by atoms with Crippen molar-refractivity contribution in [2.75, 3.05) is 6.61 Å². The molecule has 0 bridgehead atoms. The molecule has 0 heterocycles. The minimum atomic E-state index is -3.01. The van der Waals surface area contributed by atoms with Crippen LogP contribution in [-0.4, -0.2) is 19.2 Å². The predicted molar refractivity (Wildman–Crippen MR) is 59.1 cm³/mol. The van der Waals surface area contributed by atoms with Crippen molar-refractivity contribution in [1.29, 1.82) is 0 Å². The molecule has 1 aromatic rings. The number of hydrogen-bond donors (Lipinski definition) is 0. The topological polar surface area (TPSA) is 35.5 Å². The number of benzene rings is 1. The first-order chi connectivity index (χ1) is 7.95. The molecule has 0 atom stereocenters. The molecule has 0 radical (unpaired) electrons. The fraction of sp³-hybridized carbons (Fsp3) is 0.300. The molecule has 3 nitrogen and oxygen atoms in total. The van der Waals surface area contributed by atoms with Gasteiger partial charge < -0.3 is 9.47 Å². The van der Waals surface area contributed by atoms with Gasteiger partial charge in [-0.25, -0.2) is 4.79 Å². The zero-order valence-corrected chi connectivity index (χ0v) is 10.2. The molecular weight excluding hydrogens is 277 g/mol. The van der Waals surface area contributed by atoms with Gasteiger partial charge in [-0.05, 0) is 13.0 Å². The zero-order valence-electron chi connectivity index (χ0n) is 8.68. The molecule has 0 amide bonds. The Morgan fingerprint density at radius 3 is 2.59 bits per heavy atom. The molecule has 0 saturated carbocycles. The summed E-state index contributed by atoms with van der Waals surface area (Å²) in [5, 5.41) is -0.125. The van der Waals surface area contributed by atoms with E-state index in [4.69, 9.17) is 27.9 Å². The summed E-state index contributed by atoms with van der Waals surface area (Å²) in [4.78, 5) is 11.4. The second-order valence-corrected chi connectivity index (χ2v) is 3.65. The van der Waals surface area contributed by atoms with Crippen LogP contribution in [0.25, 0.3) is 0 Å². The van der Waals surface area contributed by atoms with Crippen molar-refractivity contribution in [1.82, 2.24) is 0 Å². The van der Waals surface area contributed by atoms with E-state index in [1.807, 2.05) is 0 Å². The van der Waals surface area contributed by atoms with Crippen LogP contribution in [0.4, 0.5) is 8.78 Å². The fourth-order valence-corrected chi connectivity index (χ4v) is 1.49. The average Bonchev–Trinajstić information content (AvgIpc) is 2.22. The Hall–Kier alpha value is -1.07. The van der Waals surface area contributed by atoms with Crippen molar-refractivity contribution in [3.05, 3.63) is 27.7 Å². The van der Waals surface area contributed by atoms with Gasteiger partial charge in [0.25, 0.3) is 0 Å². The van der Waals surface area contributed by atoms with Gasteiger partial charge in [-0.2, -0.15) is 8.78 Å². The molecule has 1 rings (SSSR count). The third kappa shape index (κ3) is 3.71. The number of carbonyl (C=O) groups excluding carboxylic acids is 1. The van der Waals surface area contributed by atoms with Crippen LogP contribution in [0.1, 0.15) is 17.3 Å². The highest BCUT2D eigenvalue weighted by molar-refractivity contribution is 6.43. The highest BCUT2D eigenvalue weighted by atomic mass is 35.5. The first-order valence-electron chi connectivity index (χ1n) is 4.56. The molecule has 1 aromatic carbocycles. The Bertz CT molecular complexity index is 424. The number of carbonyl (C=O) groups is 1. The lowest BCUT2D eigenvalue weighted by atomic mass is 10.2. The number of rotatable bonds is 4. The number of esters is 1. The lowest BCUT2D eigenvalue weighted by molar-refractivity contribution is -0.0499. The van der Waals surface area contributed by atoms with E-state index in [1.165, 1.54) is 0 Å². The van der Waals surface area contributed by atoms with Gasteiger partial charge in [0.15, 0.2) is 0 Å². The number of halogens is 4. The van der Waals surface area contributed by atoms with Crippen molar-refractivity contribution in [3.8, 4) is 5.75 Å². The molecular formula is C10H8Cl2F2O3. The maximum atomic E-state index is 12.0. The predicted octanol–water partition coefficient (Wildman–Crippen LogP) is 3.77. The van der Waals surface area contributed by atoms with E-state index in [2.05, 4.69) is 4.74 Å². The summed E-state index contributed by atoms with van der Waals surface area (Å²) in [6.07, 6.45) is 0. The highest BCUT2D eigenvalue weighted by Gasteiger charge is 2.17. The molecule has 0 aliphatic carbocycles. The number of alkyl halides is 2. The monoisotopic (exact) mass is 284 g/mol. The highest BCUT2D eigenvalue weighted by Crippen LogP contribution is 2.32. The van der Waals surface area contributed by atoms with Gasteiger partial charge in [0.1, 0.15) is 5.75 Å². The SMILES string of the molecule is CCOC(=O)c1cc(OC(F)F)cc(Cl)c1Cl. The van der Waals surface area contributed by atoms with E-state index in [0.717, 1.165) is 12.1 Å². The first-order valence-corrected chi connectivity index (χ1v) is 5.32. The van der Waals surface area contributed by atoms with Gasteiger partial charge >= 0.3 is 12.6 Å². The molecule has 0 spiro atoms. The van der Waals surface area contributed by atoms with Gasteiger partial charge in [-0.1, -0.05) is 23.2 Å². The molecule has 0 saturated heterocycles. The Morgan fingerprint density at radius 1 is 1.41 bits per heavy atom. The summed E-state index contributed by atoms with van der Waals surface area (Å²) in [6.45, 7) is -1.28. The van der Waals surface area contributed by atoms with Gasteiger partial charge in [0, 0.05) is 6.07 Å². The third-order valence-corrected chi connectivity index (χ3v) is 2.52. The molecule has 0 aromatic heterocycles. The van der Waals surface area contributed by atoms with Crippen molar-refractivity contribution < 1.29 is 23.0 Å². The number of hydrogen-bond acceptors (Lipinski definition) is 3. The van der Waals surface area contributed by atoms with E-state index in [0.29, 0.717) is 0 Å². The van der Waals surface area contributed by atoms with Crippen LogP contribution >= 0.6 is 23.2 Å². The van der Waals surface area contributed by atoms with E-state index in [9.17, 15) is 13.6 Å². The Labute approximate surface area is 106 Å². The van der Waals surface area contributed by atoms with Crippen LogP contribution in [-0.2, 0) is 4.74 Å². The van der Waals surface area contributed by atoms with E-state index >= 15 is 0 Å². The lowest BCUT2D eigenvalue weighted by Crippen LogP contribution is -2.08. The van der Waals surface area contributed by atoms with Crippen LogP contribution in [0.5, 0.6) is 5.75 Å². The van der Waals surface area contributed by atoms with Gasteiger partial charge in [-0.3, -0.25) is 0 Å². The summed E-state index contributed by atoms with van der Waals surface area (Å²) < 4.78 is 32.9. The van der Waals surface area contributed by atoms with Gasteiger partial charge in [-0.15, -0.1) is 0 Å². The smallest absolute Gasteiger partial charge is 0.387 e. The quantitative estimate of drug-likeness (QED) is 0.790. The molecule has 17 heavy (non-hydrogen) atoms. The largest absolute Gasteiger partial charge is 0.462 e. The summed E-state index contributed by atoms with van der Waals surface area (Å²) in [5.41, 5.74) is -0.114. The molecule has 94 valence electrons. The number of ether oxygens (including phenoxy) is 2.